The Balaban J connectivity index is 2.15. The molecule has 2 aromatic carbocycles. The van der Waals surface area contributed by atoms with Crippen LogP contribution in [-0.4, -0.2) is 15.1 Å². The van der Waals surface area contributed by atoms with Crippen LogP contribution in [0.5, 0.6) is 5.75 Å². The third-order valence-electron chi connectivity index (χ3n) is 3.22. The molecule has 3 rings (SSSR count). The number of hydrogen-bond acceptors (Lipinski definition) is 3. The molecule has 1 heterocycles. The molecule has 0 bridgehead atoms. The average Bonchev–Trinajstić information content (AvgIpc) is 2.47. The summed E-state index contributed by atoms with van der Waals surface area (Å²) in [4.78, 5) is 18.5. The Hall–Kier alpha value is -2.83. The van der Waals surface area contributed by atoms with E-state index in [4.69, 9.17) is 0 Å². The fourth-order valence-electron chi connectivity index (χ4n) is 2.11. The molecule has 0 fully saturated rings. The first kappa shape index (κ1) is 14.1. The number of H-pyrrole nitrogens is 1. The number of phenols is 1. The molecule has 0 spiro atoms. The third kappa shape index (κ3) is 2.41. The molecule has 0 aliphatic rings. The summed E-state index contributed by atoms with van der Waals surface area (Å²) in [6, 6.07) is 8.65. The lowest BCUT2D eigenvalue weighted by atomic mass is 10.1. The van der Waals surface area contributed by atoms with E-state index in [-0.39, 0.29) is 22.5 Å². The highest BCUT2D eigenvalue weighted by atomic mass is 19.4. The van der Waals surface area contributed by atoms with Crippen LogP contribution in [0.25, 0.3) is 22.3 Å². The van der Waals surface area contributed by atoms with E-state index in [9.17, 15) is 23.1 Å². The van der Waals surface area contributed by atoms with Gasteiger partial charge in [-0.3, -0.25) is 4.79 Å². The summed E-state index contributed by atoms with van der Waals surface area (Å²) < 4.78 is 37.6. The summed E-state index contributed by atoms with van der Waals surface area (Å²) in [6.45, 7) is 0. The molecule has 0 amide bonds. The fraction of sp³-hybridized carbons (Fsp3) is 0.0667. The first-order valence-corrected chi connectivity index (χ1v) is 6.26. The van der Waals surface area contributed by atoms with Gasteiger partial charge in [0.05, 0.1) is 16.5 Å². The molecule has 3 aromatic rings. The Morgan fingerprint density at radius 1 is 1.05 bits per heavy atom. The Morgan fingerprint density at radius 2 is 1.73 bits per heavy atom. The summed E-state index contributed by atoms with van der Waals surface area (Å²) in [6.07, 6.45) is -4.43. The summed E-state index contributed by atoms with van der Waals surface area (Å²) in [5.74, 6) is -0.0436. The summed E-state index contributed by atoms with van der Waals surface area (Å²) in [7, 11) is 0. The second-order valence-corrected chi connectivity index (χ2v) is 4.67. The van der Waals surface area contributed by atoms with Crippen molar-refractivity contribution in [1.29, 1.82) is 0 Å². The van der Waals surface area contributed by atoms with Crippen LogP contribution in [0.15, 0.2) is 47.3 Å². The number of alkyl halides is 3. The number of phenolic OH excluding ortho intramolecular Hbond substituents is 1. The SMILES string of the molecule is O=c1nc(-c2ccc(C(F)(F)F)cc2)[nH]c2c(O)cccc12. The lowest BCUT2D eigenvalue weighted by Gasteiger charge is -2.08. The van der Waals surface area contributed by atoms with Gasteiger partial charge in [-0.1, -0.05) is 18.2 Å². The lowest BCUT2D eigenvalue weighted by molar-refractivity contribution is -0.137. The Morgan fingerprint density at radius 3 is 2.36 bits per heavy atom. The van der Waals surface area contributed by atoms with E-state index < -0.39 is 17.3 Å². The topological polar surface area (TPSA) is 66.0 Å². The van der Waals surface area contributed by atoms with Gasteiger partial charge in [-0.15, -0.1) is 0 Å². The molecule has 7 heteroatoms. The molecule has 0 atom stereocenters. The van der Waals surface area contributed by atoms with Crippen LogP contribution in [-0.2, 0) is 6.18 Å². The molecular formula is C15H9F3N2O2. The van der Waals surface area contributed by atoms with Crippen LogP contribution in [0.3, 0.4) is 0 Å². The Kier molecular flexibility index (Phi) is 3.13. The van der Waals surface area contributed by atoms with Gasteiger partial charge in [0.15, 0.2) is 0 Å². The maximum absolute atomic E-state index is 12.5. The highest BCUT2D eigenvalue weighted by Crippen LogP contribution is 2.30. The van der Waals surface area contributed by atoms with Crippen LogP contribution in [0.1, 0.15) is 5.56 Å². The van der Waals surface area contributed by atoms with Crippen molar-refractivity contribution in [1.82, 2.24) is 9.97 Å². The highest BCUT2D eigenvalue weighted by Gasteiger charge is 2.30. The molecule has 0 radical (unpaired) electrons. The van der Waals surface area contributed by atoms with Crippen molar-refractivity contribution >= 4 is 10.9 Å². The largest absolute Gasteiger partial charge is 0.506 e. The van der Waals surface area contributed by atoms with E-state index in [1.165, 1.54) is 30.3 Å². The number of aromatic nitrogens is 2. The van der Waals surface area contributed by atoms with Gasteiger partial charge in [0, 0.05) is 5.56 Å². The van der Waals surface area contributed by atoms with Gasteiger partial charge >= 0.3 is 6.18 Å². The molecule has 0 saturated heterocycles. The zero-order chi connectivity index (χ0) is 15.9. The minimum atomic E-state index is -4.43. The molecule has 0 saturated carbocycles. The van der Waals surface area contributed by atoms with Gasteiger partial charge in [0.1, 0.15) is 11.6 Å². The van der Waals surface area contributed by atoms with Crippen molar-refractivity contribution in [3.8, 4) is 17.1 Å². The maximum Gasteiger partial charge on any atom is 0.416 e. The fourth-order valence-corrected chi connectivity index (χ4v) is 2.11. The van der Waals surface area contributed by atoms with Crippen molar-refractivity contribution < 1.29 is 18.3 Å². The van der Waals surface area contributed by atoms with E-state index in [0.717, 1.165) is 12.1 Å². The molecule has 0 aliphatic heterocycles. The van der Waals surface area contributed by atoms with Gasteiger partial charge in [-0.05, 0) is 24.3 Å². The number of para-hydroxylation sites is 1. The lowest BCUT2D eigenvalue weighted by Crippen LogP contribution is -2.10. The minimum Gasteiger partial charge on any atom is -0.506 e. The smallest absolute Gasteiger partial charge is 0.416 e. The van der Waals surface area contributed by atoms with Gasteiger partial charge in [0.25, 0.3) is 5.56 Å². The number of nitrogens with one attached hydrogen (secondary N) is 1. The van der Waals surface area contributed by atoms with Crippen molar-refractivity contribution in [2.75, 3.05) is 0 Å². The number of fused-ring (bicyclic) bond motifs is 1. The molecule has 22 heavy (non-hydrogen) atoms. The quantitative estimate of drug-likeness (QED) is 0.725. The molecule has 0 aliphatic carbocycles. The Labute approximate surface area is 121 Å². The zero-order valence-corrected chi connectivity index (χ0v) is 11.0. The Bertz CT molecular complexity index is 899. The van der Waals surface area contributed by atoms with Crippen LogP contribution < -0.4 is 5.56 Å². The van der Waals surface area contributed by atoms with Crippen LogP contribution in [0.2, 0.25) is 0 Å². The van der Waals surface area contributed by atoms with Crippen molar-refractivity contribution in [2.45, 2.75) is 6.18 Å². The van der Waals surface area contributed by atoms with Crippen LogP contribution in [0, 0.1) is 0 Å². The van der Waals surface area contributed by atoms with Crippen LogP contribution >= 0.6 is 0 Å². The van der Waals surface area contributed by atoms with Gasteiger partial charge in [0.2, 0.25) is 0 Å². The zero-order valence-electron chi connectivity index (χ0n) is 11.0. The van der Waals surface area contributed by atoms with Crippen LogP contribution in [0.4, 0.5) is 13.2 Å². The number of nitrogens with zero attached hydrogens (tertiary/aromatic N) is 1. The molecule has 2 N–H and O–H groups in total. The monoisotopic (exact) mass is 306 g/mol. The maximum atomic E-state index is 12.5. The predicted molar refractivity (Wildman–Crippen MR) is 74.5 cm³/mol. The molecule has 0 unspecified atom stereocenters. The first-order valence-electron chi connectivity index (χ1n) is 6.26. The number of hydrogen-bond donors (Lipinski definition) is 2. The number of rotatable bonds is 1. The van der Waals surface area contributed by atoms with E-state index in [1.54, 1.807) is 0 Å². The van der Waals surface area contributed by atoms with E-state index >= 15 is 0 Å². The molecule has 1 aromatic heterocycles. The third-order valence-corrected chi connectivity index (χ3v) is 3.22. The summed E-state index contributed by atoms with van der Waals surface area (Å²) in [5.41, 5.74) is -0.852. The second-order valence-electron chi connectivity index (χ2n) is 4.67. The van der Waals surface area contributed by atoms with E-state index in [0.29, 0.717) is 5.56 Å². The summed E-state index contributed by atoms with van der Waals surface area (Å²) in [5, 5.41) is 9.98. The van der Waals surface area contributed by atoms with Crippen molar-refractivity contribution in [3.05, 3.63) is 58.4 Å². The molecular weight excluding hydrogens is 297 g/mol. The van der Waals surface area contributed by atoms with E-state index in [2.05, 4.69) is 9.97 Å². The molecule has 112 valence electrons. The number of benzene rings is 2. The van der Waals surface area contributed by atoms with Crippen molar-refractivity contribution in [2.24, 2.45) is 0 Å². The minimum absolute atomic E-state index is 0.0905. The van der Waals surface area contributed by atoms with Gasteiger partial charge < -0.3 is 10.1 Å². The second kappa shape index (κ2) is 4.87. The standard InChI is InChI=1S/C15H9F3N2O2/c16-15(17,18)9-6-4-8(5-7-9)13-19-12-10(14(22)20-13)2-1-3-11(12)21/h1-7,21H,(H,19,20,22). The summed E-state index contributed by atoms with van der Waals surface area (Å²) >= 11 is 0. The number of aromatic amines is 1. The first-order chi connectivity index (χ1) is 10.4. The van der Waals surface area contributed by atoms with E-state index in [1.807, 2.05) is 0 Å². The average molecular weight is 306 g/mol. The normalized spacial score (nSPS) is 11.8. The van der Waals surface area contributed by atoms with Crippen molar-refractivity contribution in [3.63, 3.8) is 0 Å². The highest BCUT2D eigenvalue weighted by molar-refractivity contribution is 5.84. The number of halogens is 3. The number of aromatic hydroxyl groups is 1. The molecule has 4 nitrogen and oxygen atoms in total. The predicted octanol–water partition coefficient (Wildman–Crippen LogP) is 3.31. The van der Waals surface area contributed by atoms with Gasteiger partial charge in [-0.25, -0.2) is 0 Å². The van der Waals surface area contributed by atoms with Gasteiger partial charge in [-0.2, -0.15) is 18.2 Å².